The van der Waals surface area contributed by atoms with Crippen LogP contribution in [0, 0.1) is 5.92 Å². The van der Waals surface area contributed by atoms with Crippen LogP contribution in [-0.2, 0) is 16.9 Å². The molecular formula is C14H16ClN3O2. The molecule has 1 aliphatic heterocycles. The molecular weight excluding hydrogens is 278 g/mol. The first kappa shape index (κ1) is 13.5. The largest absolute Gasteiger partial charge is 0.394 e. The Kier molecular flexibility index (Phi) is 3.50. The third-order valence-electron chi connectivity index (χ3n) is 4.03. The van der Waals surface area contributed by atoms with Gasteiger partial charge in [-0.1, -0.05) is 30.7 Å². The molecule has 1 aromatic heterocycles. The van der Waals surface area contributed by atoms with Crippen LogP contribution in [0.5, 0.6) is 0 Å². The molecule has 20 heavy (non-hydrogen) atoms. The lowest BCUT2D eigenvalue weighted by molar-refractivity contribution is -0.280. The number of aliphatic hydroxyl groups excluding tert-OH is 1. The van der Waals surface area contributed by atoms with Crippen molar-refractivity contribution in [2.24, 2.45) is 5.92 Å². The van der Waals surface area contributed by atoms with Crippen LogP contribution in [0.25, 0.3) is 0 Å². The number of ether oxygens (including phenoxy) is 1. The zero-order valence-corrected chi connectivity index (χ0v) is 11.9. The second-order valence-corrected chi connectivity index (χ2v) is 5.55. The zero-order valence-electron chi connectivity index (χ0n) is 11.1. The normalized spacial score (nSPS) is 29.1. The molecule has 3 unspecified atom stereocenters. The van der Waals surface area contributed by atoms with E-state index in [1.54, 1.807) is 11.0 Å². The SMILES string of the molecule is CC1C(CO)OC1(Cn1cncn1)c1ccc(Cl)cc1. The van der Waals surface area contributed by atoms with Gasteiger partial charge in [0.25, 0.3) is 0 Å². The van der Waals surface area contributed by atoms with Crippen LogP contribution < -0.4 is 0 Å². The summed E-state index contributed by atoms with van der Waals surface area (Å²) in [6.07, 6.45) is 3.02. The van der Waals surface area contributed by atoms with Crippen molar-refractivity contribution in [1.29, 1.82) is 0 Å². The molecule has 1 aromatic carbocycles. The molecule has 2 aromatic rings. The molecule has 5 nitrogen and oxygen atoms in total. The van der Waals surface area contributed by atoms with Crippen molar-refractivity contribution in [3.8, 4) is 0 Å². The van der Waals surface area contributed by atoms with E-state index in [1.165, 1.54) is 6.33 Å². The Morgan fingerprint density at radius 3 is 2.70 bits per heavy atom. The maximum atomic E-state index is 9.32. The van der Waals surface area contributed by atoms with Gasteiger partial charge in [0, 0.05) is 10.9 Å². The summed E-state index contributed by atoms with van der Waals surface area (Å²) in [6.45, 7) is 2.66. The minimum absolute atomic E-state index is 0.0217. The molecule has 3 atom stereocenters. The molecule has 0 amide bonds. The molecule has 0 bridgehead atoms. The van der Waals surface area contributed by atoms with Crippen molar-refractivity contribution in [3.63, 3.8) is 0 Å². The van der Waals surface area contributed by atoms with Crippen molar-refractivity contribution in [2.45, 2.75) is 25.2 Å². The summed E-state index contributed by atoms with van der Waals surface area (Å²) in [5, 5.41) is 14.2. The molecule has 0 spiro atoms. The molecule has 106 valence electrons. The smallest absolute Gasteiger partial charge is 0.137 e. The van der Waals surface area contributed by atoms with Crippen LogP contribution in [0.3, 0.4) is 0 Å². The van der Waals surface area contributed by atoms with Crippen LogP contribution in [0.4, 0.5) is 0 Å². The maximum Gasteiger partial charge on any atom is 0.137 e. The fraction of sp³-hybridized carbons (Fsp3) is 0.429. The second kappa shape index (κ2) is 5.16. The lowest BCUT2D eigenvalue weighted by Crippen LogP contribution is -2.59. The van der Waals surface area contributed by atoms with Crippen LogP contribution in [0.1, 0.15) is 12.5 Å². The third-order valence-corrected chi connectivity index (χ3v) is 4.28. The van der Waals surface area contributed by atoms with E-state index in [1.807, 2.05) is 24.3 Å². The second-order valence-electron chi connectivity index (χ2n) is 5.12. The highest BCUT2D eigenvalue weighted by Gasteiger charge is 2.54. The molecule has 1 fully saturated rings. The average Bonchev–Trinajstić information content (AvgIpc) is 2.96. The highest BCUT2D eigenvalue weighted by atomic mass is 35.5. The number of halogens is 1. The van der Waals surface area contributed by atoms with Gasteiger partial charge < -0.3 is 9.84 Å². The van der Waals surface area contributed by atoms with E-state index in [4.69, 9.17) is 16.3 Å². The van der Waals surface area contributed by atoms with Gasteiger partial charge >= 0.3 is 0 Å². The number of hydrogen-bond acceptors (Lipinski definition) is 4. The number of rotatable bonds is 4. The standard InChI is InChI=1S/C14H16ClN3O2/c1-10-13(6-19)20-14(10,7-18-9-16-8-17-18)11-2-4-12(15)5-3-11/h2-5,8-10,13,19H,6-7H2,1H3. The minimum atomic E-state index is -0.494. The highest BCUT2D eigenvalue weighted by Crippen LogP contribution is 2.48. The fourth-order valence-electron chi connectivity index (χ4n) is 2.79. The number of aromatic nitrogens is 3. The summed E-state index contributed by atoms with van der Waals surface area (Å²) in [7, 11) is 0. The first-order chi connectivity index (χ1) is 9.65. The molecule has 3 rings (SSSR count). The van der Waals surface area contributed by atoms with Crippen LogP contribution >= 0.6 is 11.6 Å². The molecule has 1 saturated heterocycles. The number of benzene rings is 1. The summed E-state index contributed by atoms with van der Waals surface area (Å²) in [5.74, 6) is 0.179. The molecule has 1 N–H and O–H groups in total. The Morgan fingerprint density at radius 1 is 1.40 bits per heavy atom. The van der Waals surface area contributed by atoms with E-state index in [0.29, 0.717) is 11.6 Å². The minimum Gasteiger partial charge on any atom is -0.394 e. The first-order valence-corrected chi connectivity index (χ1v) is 6.90. The van der Waals surface area contributed by atoms with E-state index in [9.17, 15) is 5.11 Å². The summed E-state index contributed by atoms with van der Waals surface area (Å²) in [4.78, 5) is 3.96. The Hall–Kier alpha value is -1.43. The lowest BCUT2D eigenvalue weighted by atomic mass is 9.73. The Labute approximate surface area is 122 Å². The van der Waals surface area contributed by atoms with E-state index < -0.39 is 5.60 Å². The number of nitrogens with zero attached hydrogens (tertiary/aromatic N) is 3. The van der Waals surface area contributed by atoms with E-state index in [2.05, 4.69) is 17.0 Å². The molecule has 0 aliphatic carbocycles. The van der Waals surface area contributed by atoms with Crippen molar-refractivity contribution in [3.05, 3.63) is 47.5 Å². The van der Waals surface area contributed by atoms with Crippen molar-refractivity contribution in [2.75, 3.05) is 6.61 Å². The average molecular weight is 294 g/mol. The summed E-state index contributed by atoms with van der Waals surface area (Å²) in [6, 6.07) is 7.62. The van der Waals surface area contributed by atoms with Gasteiger partial charge in [-0.3, -0.25) is 0 Å². The molecule has 2 heterocycles. The third kappa shape index (κ3) is 2.12. The zero-order chi connectivity index (χ0) is 14.2. The Bertz CT molecular complexity index is 573. The summed E-state index contributed by atoms with van der Waals surface area (Å²) < 4.78 is 7.75. The van der Waals surface area contributed by atoms with Crippen molar-refractivity contribution >= 4 is 11.6 Å². The maximum absolute atomic E-state index is 9.32. The summed E-state index contributed by atoms with van der Waals surface area (Å²) >= 11 is 5.95. The lowest BCUT2D eigenvalue weighted by Gasteiger charge is -2.53. The predicted octanol–water partition coefficient (Wildman–Crippen LogP) is 1.85. The highest BCUT2D eigenvalue weighted by molar-refractivity contribution is 6.30. The Balaban J connectivity index is 1.94. The van der Waals surface area contributed by atoms with E-state index >= 15 is 0 Å². The molecule has 0 radical (unpaired) electrons. The van der Waals surface area contributed by atoms with Gasteiger partial charge in [-0.15, -0.1) is 0 Å². The van der Waals surface area contributed by atoms with Gasteiger partial charge in [0.15, 0.2) is 0 Å². The molecule has 6 heteroatoms. The predicted molar refractivity (Wildman–Crippen MR) is 74.3 cm³/mol. The number of hydrogen-bond donors (Lipinski definition) is 1. The van der Waals surface area contributed by atoms with Gasteiger partial charge in [0.2, 0.25) is 0 Å². The van der Waals surface area contributed by atoms with E-state index in [0.717, 1.165) is 5.56 Å². The first-order valence-electron chi connectivity index (χ1n) is 6.53. The van der Waals surface area contributed by atoms with Gasteiger partial charge in [-0.2, -0.15) is 5.10 Å². The van der Waals surface area contributed by atoms with Gasteiger partial charge in [0.1, 0.15) is 18.3 Å². The van der Waals surface area contributed by atoms with Crippen molar-refractivity contribution < 1.29 is 9.84 Å². The topological polar surface area (TPSA) is 60.2 Å². The number of aliphatic hydroxyl groups is 1. The monoisotopic (exact) mass is 293 g/mol. The van der Waals surface area contributed by atoms with Gasteiger partial charge in [-0.05, 0) is 17.7 Å². The van der Waals surface area contributed by atoms with Gasteiger partial charge in [-0.25, -0.2) is 9.67 Å². The quantitative estimate of drug-likeness (QED) is 0.935. The van der Waals surface area contributed by atoms with Crippen LogP contribution in [0.15, 0.2) is 36.9 Å². The van der Waals surface area contributed by atoms with E-state index in [-0.39, 0.29) is 18.6 Å². The van der Waals surface area contributed by atoms with Gasteiger partial charge in [0.05, 0.1) is 19.3 Å². The molecule has 0 saturated carbocycles. The van der Waals surface area contributed by atoms with Crippen molar-refractivity contribution in [1.82, 2.24) is 14.8 Å². The van der Waals surface area contributed by atoms with Crippen LogP contribution in [0.2, 0.25) is 5.02 Å². The summed E-state index contributed by atoms with van der Waals surface area (Å²) in [5.41, 5.74) is 0.542. The molecule has 1 aliphatic rings. The fourth-order valence-corrected chi connectivity index (χ4v) is 2.92. The Morgan fingerprint density at radius 2 is 2.15 bits per heavy atom. The van der Waals surface area contributed by atoms with Crippen LogP contribution in [-0.4, -0.2) is 32.6 Å².